The molecule has 0 spiro atoms. The first-order valence-corrected chi connectivity index (χ1v) is 10.3. The number of pyridine rings is 1. The van der Waals surface area contributed by atoms with Crippen molar-refractivity contribution in [2.24, 2.45) is 0 Å². The molecule has 2 aromatic heterocycles. The minimum Gasteiger partial charge on any atom is -0.322 e. The Labute approximate surface area is 183 Å². The van der Waals surface area contributed by atoms with Gasteiger partial charge in [0.05, 0.1) is 11.9 Å². The summed E-state index contributed by atoms with van der Waals surface area (Å²) in [4.78, 5) is 42.6. The van der Waals surface area contributed by atoms with Gasteiger partial charge in [-0.25, -0.2) is 9.67 Å². The van der Waals surface area contributed by atoms with Crippen molar-refractivity contribution in [1.82, 2.24) is 35.5 Å². The number of hydrogen-bond acceptors (Lipinski definition) is 7. The van der Waals surface area contributed by atoms with Crippen LogP contribution >= 0.6 is 0 Å². The number of carbonyl (C=O) groups excluding carboxylic acids is 3. The Morgan fingerprint density at radius 2 is 2.06 bits per heavy atom. The van der Waals surface area contributed by atoms with Gasteiger partial charge >= 0.3 is 0 Å². The van der Waals surface area contributed by atoms with Crippen LogP contribution in [0.5, 0.6) is 0 Å². The zero-order valence-corrected chi connectivity index (χ0v) is 17.4. The van der Waals surface area contributed by atoms with Crippen LogP contribution < -0.4 is 10.6 Å². The molecule has 5 rings (SSSR count). The molecule has 2 aliphatic heterocycles. The van der Waals surface area contributed by atoms with Crippen LogP contribution in [-0.2, 0) is 22.7 Å². The molecule has 2 aliphatic rings. The van der Waals surface area contributed by atoms with E-state index in [0.29, 0.717) is 36.6 Å². The summed E-state index contributed by atoms with van der Waals surface area (Å²) < 4.78 is 1.61. The first-order valence-electron chi connectivity index (χ1n) is 10.3. The normalized spacial score (nSPS) is 18.1. The third-order valence-electron chi connectivity index (χ3n) is 5.70. The molecule has 3 amide bonds. The van der Waals surface area contributed by atoms with Gasteiger partial charge in [0.25, 0.3) is 5.91 Å². The van der Waals surface area contributed by atoms with E-state index in [9.17, 15) is 14.4 Å². The van der Waals surface area contributed by atoms with Gasteiger partial charge in [0.15, 0.2) is 5.82 Å². The van der Waals surface area contributed by atoms with E-state index in [2.05, 4.69) is 25.9 Å². The number of rotatable bonds is 5. The van der Waals surface area contributed by atoms with E-state index in [4.69, 9.17) is 0 Å². The first kappa shape index (κ1) is 20.0. The lowest BCUT2D eigenvalue weighted by Crippen LogP contribution is -2.52. The fourth-order valence-corrected chi connectivity index (χ4v) is 4.12. The van der Waals surface area contributed by atoms with Crippen LogP contribution in [0.25, 0.3) is 17.1 Å². The number of hydrogen-bond donors (Lipinski definition) is 2. The van der Waals surface area contributed by atoms with Gasteiger partial charge < -0.3 is 10.2 Å². The number of piperidine rings is 1. The minimum atomic E-state index is -0.632. The summed E-state index contributed by atoms with van der Waals surface area (Å²) in [6.45, 7) is 0.966. The highest BCUT2D eigenvalue weighted by Gasteiger charge is 2.39. The Hall–Kier alpha value is -3.92. The molecule has 10 heteroatoms. The smallest absolute Gasteiger partial charge is 0.255 e. The second-order valence-electron chi connectivity index (χ2n) is 7.84. The van der Waals surface area contributed by atoms with Gasteiger partial charge in [-0.1, -0.05) is 17.3 Å². The van der Waals surface area contributed by atoms with Crippen molar-refractivity contribution in [3.63, 3.8) is 0 Å². The molecule has 162 valence electrons. The molecule has 0 aliphatic carbocycles. The molecule has 3 aromatic rings. The predicted molar refractivity (Wildman–Crippen MR) is 113 cm³/mol. The molecule has 0 saturated carbocycles. The fourth-order valence-electron chi connectivity index (χ4n) is 4.12. The highest BCUT2D eigenvalue weighted by Crippen LogP contribution is 2.30. The first-order chi connectivity index (χ1) is 15.5. The maximum atomic E-state index is 12.9. The highest BCUT2D eigenvalue weighted by atomic mass is 16.2. The third kappa shape index (κ3) is 3.54. The van der Waals surface area contributed by atoms with E-state index in [1.165, 1.54) is 4.90 Å². The zero-order chi connectivity index (χ0) is 22.2. The van der Waals surface area contributed by atoms with Gasteiger partial charge in [0, 0.05) is 30.6 Å². The van der Waals surface area contributed by atoms with Crippen LogP contribution in [0.1, 0.15) is 34.5 Å². The molecule has 1 saturated heterocycles. The molecule has 0 radical (unpaired) electrons. The van der Waals surface area contributed by atoms with Gasteiger partial charge in [-0.05, 0) is 43.3 Å². The van der Waals surface area contributed by atoms with E-state index in [1.54, 1.807) is 16.9 Å². The van der Waals surface area contributed by atoms with Crippen LogP contribution in [-0.4, -0.2) is 55.7 Å². The number of fused-ring (bicyclic) bond motifs is 1. The number of nitrogens with one attached hydrogen (secondary N) is 2. The molecule has 2 N–H and O–H groups in total. The maximum absolute atomic E-state index is 12.9. The fraction of sp³-hybridized carbons (Fsp3) is 0.273. The van der Waals surface area contributed by atoms with Gasteiger partial charge in [-0.3, -0.25) is 19.7 Å². The van der Waals surface area contributed by atoms with Crippen molar-refractivity contribution in [3.05, 3.63) is 59.4 Å². The van der Waals surface area contributed by atoms with E-state index in [-0.39, 0.29) is 18.2 Å². The Morgan fingerprint density at radius 3 is 2.88 bits per heavy atom. The van der Waals surface area contributed by atoms with Crippen molar-refractivity contribution in [2.45, 2.75) is 32.0 Å². The highest BCUT2D eigenvalue weighted by molar-refractivity contribution is 6.05. The van der Waals surface area contributed by atoms with Crippen molar-refractivity contribution < 1.29 is 14.4 Å². The second kappa shape index (κ2) is 7.97. The maximum Gasteiger partial charge on any atom is 0.255 e. The Kier molecular flexibility index (Phi) is 4.98. The SMILES string of the molecule is CNCc1cccc(-n2cc(-c3ccc4c(c3)CN(C3CCC(=O)NC3=O)C4=O)nn2)n1. The van der Waals surface area contributed by atoms with Gasteiger partial charge in [-0.2, -0.15) is 0 Å². The van der Waals surface area contributed by atoms with E-state index in [1.807, 2.05) is 37.4 Å². The number of aromatic nitrogens is 4. The van der Waals surface area contributed by atoms with Gasteiger partial charge in [0.2, 0.25) is 11.8 Å². The van der Waals surface area contributed by atoms with Crippen LogP contribution in [0.4, 0.5) is 0 Å². The molecule has 1 aromatic carbocycles. The predicted octanol–water partition coefficient (Wildman–Crippen LogP) is 0.810. The van der Waals surface area contributed by atoms with E-state index in [0.717, 1.165) is 16.8 Å². The summed E-state index contributed by atoms with van der Waals surface area (Å²) in [5, 5.41) is 13.9. The van der Waals surface area contributed by atoms with E-state index >= 15 is 0 Å². The molecule has 1 atom stereocenters. The largest absolute Gasteiger partial charge is 0.322 e. The van der Waals surface area contributed by atoms with Crippen molar-refractivity contribution in [2.75, 3.05) is 7.05 Å². The summed E-state index contributed by atoms with van der Waals surface area (Å²) in [5.41, 5.74) is 3.75. The summed E-state index contributed by atoms with van der Waals surface area (Å²) in [6.07, 6.45) is 2.36. The lowest BCUT2D eigenvalue weighted by molar-refractivity contribution is -0.136. The van der Waals surface area contributed by atoms with Crippen LogP contribution in [0, 0.1) is 0 Å². The molecule has 32 heavy (non-hydrogen) atoms. The Bertz CT molecular complexity index is 1240. The number of nitrogens with zero attached hydrogens (tertiary/aromatic N) is 5. The average Bonchev–Trinajstić information content (AvgIpc) is 3.40. The third-order valence-corrected chi connectivity index (χ3v) is 5.70. The van der Waals surface area contributed by atoms with Gasteiger partial charge in [0.1, 0.15) is 11.7 Å². The lowest BCUT2D eigenvalue weighted by atomic mass is 10.0. The molecule has 4 heterocycles. The van der Waals surface area contributed by atoms with Crippen molar-refractivity contribution >= 4 is 17.7 Å². The Balaban J connectivity index is 1.39. The monoisotopic (exact) mass is 431 g/mol. The number of carbonyl (C=O) groups is 3. The molecular weight excluding hydrogens is 410 g/mol. The summed E-state index contributed by atoms with van der Waals surface area (Å²) in [7, 11) is 1.86. The topological polar surface area (TPSA) is 122 Å². The van der Waals surface area contributed by atoms with Crippen LogP contribution in [0.2, 0.25) is 0 Å². The summed E-state index contributed by atoms with van der Waals surface area (Å²) >= 11 is 0. The van der Waals surface area contributed by atoms with Crippen molar-refractivity contribution in [1.29, 1.82) is 0 Å². The summed E-state index contributed by atoms with van der Waals surface area (Å²) in [6, 6.07) is 10.6. The molecular formula is C22H21N7O3. The second-order valence-corrected chi connectivity index (χ2v) is 7.84. The summed E-state index contributed by atoms with van der Waals surface area (Å²) in [5.74, 6) is -0.252. The lowest BCUT2D eigenvalue weighted by Gasteiger charge is -2.29. The quantitative estimate of drug-likeness (QED) is 0.573. The molecule has 10 nitrogen and oxygen atoms in total. The zero-order valence-electron chi connectivity index (χ0n) is 17.4. The standard InChI is InChI=1S/C22H21N7O3/c1-23-10-15-3-2-4-19(24-15)29-12-17(26-27-29)13-5-6-16-14(9-13)11-28(22(16)32)18-7-8-20(30)25-21(18)31/h2-6,9,12,18,23H,7-8,10-11H2,1H3,(H,25,30,31). The number of benzene rings is 1. The van der Waals surface area contributed by atoms with Crippen LogP contribution in [0.15, 0.2) is 42.6 Å². The van der Waals surface area contributed by atoms with E-state index < -0.39 is 11.9 Å². The van der Waals surface area contributed by atoms with Gasteiger partial charge in [-0.15, -0.1) is 5.10 Å². The number of imide groups is 1. The molecule has 1 fully saturated rings. The van der Waals surface area contributed by atoms with Crippen LogP contribution in [0.3, 0.4) is 0 Å². The molecule has 0 bridgehead atoms. The van der Waals surface area contributed by atoms with Crippen molar-refractivity contribution in [3.8, 4) is 17.1 Å². The number of amides is 3. The average molecular weight is 431 g/mol. The minimum absolute atomic E-state index is 0.199. The Morgan fingerprint density at radius 1 is 1.19 bits per heavy atom. The molecule has 1 unspecified atom stereocenters.